The van der Waals surface area contributed by atoms with Crippen LogP contribution in [0.3, 0.4) is 0 Å². The fourth-order valence-electron chi connectivity index (χ4n) is 3.91. The lowest BCUT2D eigenvalue weighted by Crippen LogP contribution is -2.20. The lowest BCUT2D eigenvalue weighted by Gasteiger charge is -2.13. The molecule has 0 aliphatic heterocycles. The highest BCUT2D eigenvalue weighted by atomic mass is 79.9. The average molecular weight is 612 g/mol. The van der Waals surface area contributed by atoms with Gasteiger partial charge in [0.2, 0.25) is 0 Å². The van der Waals surface area contributed by atoms with Crippen LogP contribution in [0.2, 0.25) is 5.02 Å². The maximum Gasteiger partial charge on any atom is 0.282 e. The molecule has 35 heavy (non-hydrogen) atoms. The van der Waals surface area contributed by atoms with E-state index in [0.717, 1.165) is 20.8 Å². The zero-order chi connectivity index (χ0) is 24.5. The third-order valence-electron chi connectivity index (χ3n) is 5.57. The van der Waals surface area contributed by atoms with Crippen molar-refractivity contribution in [3.63, 3.8) is 0 Å². The summed E-state index contributed by atoms with van der Waals surface area (Å²) in [5.41, 5.74) is 2.05. The predicted octanol–water partition coefficient (Wildman–Crippen LogP) is 7.50. The van der Waals surface area contributed by atoms with E-state index in [9.17, 15) is 4.79 Å². The third-order valence-corrected chi connectivity index (χ3v) is 6.87. The molecule has 5 rings (SSSR count). The topological polar surface area (TPSA) is 56.5 Å². The first kappa shape index (κ1) is 23.7. The normalized spacial score (nSPS) is 11.5. The molecule has 0 radical (unpaired) electrons. The highest BCUT2D eigenvalue weighted by Crippen LogP contribution is 2.33. The Balaban J connectivity index is 1.52. The van der Waals surface area contributed by atoms with Crippen molar-refractivity contribution in [2.75, 3.05) is 0 Å². The zero-order valence-electron chi connectivity index (χ0n) is 18.5. The number of benzene rings is 4. The fourth-order valence-corrected chi connectivity index (χ4v) is 5.22. The van der Waals surface area contributed by atoms with Crippen LogP contribution in [0.1, 0.15) is 17.0 Å². The van der Waals surface area contributed by atoms with E-state index in [0.29, 0.717) is 44.1 Å². The number of hydrogen-bond donors (Lipinski definition) is 0. The van der Waals surface area contributed by atoms with Crippen LogP contribution in [0.4, 0.5) is 0 Å². The highest BCUT2D eigenvalue weighted by Gasteiger charge is 2.12. The Morgan fingerprint density at radius 2 is 1.83 bits per heavy atom. The number of aromatic nitrogens is 2. The Morgan fingerprint density at radius 1 is 1.03 bits per heavy atom. The van der Waals surface area contributed by atoms with Crippen LogP contribution in [0.25, 0.3) is 21.7 Å². The fraction of sp³-hybridized carbons (Fsp3) is 0.0741. The van der Waals surface area contributed by atoms with Crippen LogP contribution < -0.4 is 10.3 Å². The van der Waals surface area contributed by atoms with E-state index < -0.39 is 0 Å². The van der Waals surface area contributed by atoms with Gasteiger partial charge in [0.1, 0.15) is 18.2 Å². The van der Waals surface area contributed by atoms with Crippen molar-refractivity contribution in [1.29, 1.82) is 0 Å². The monoisotopic (exact) mass is 609 g/mol. The van der Waals surface area contributed by atoms with Crippen LogP contribution in [-0.2, 0) is 6.61 Å². The molecule has 0 saturated heterocycles. The van der Waals surface area contributed by atoms with Crippen LogP contribution in [0.5, 0.6) is 5.75 Å². The van der Waals surface area contributed by atoms with Gasteiger partial charge in [-0.3, -0.25) is 4.79 Å². The molecule has 1 heterocycles. The van der Waals surface area contributed by atoms with Gasteiger partial charge in [0.15, 0.2) is 0 Å². The minimum Gasteiger partial charge on any atom is -0.487 e. The Labute approximate surface area is 223 Å². The van der Waals surface area contributed by atoms with E-state index in [-0.39, 0.29) is 5.56 Å². The summed E-state index contributed by atoms with van der Waals surface area (Å²) < 4.78 is 9.01. The summed E-state index contributed by atoms with van der Waals surface area (Å²) in [4.78, 5) is 17.6. The second-order valence-electron chi connectivity index (χ2n) is 7.91. The van der Waals surface area contributed by atoms with Crippen LogP contribution in [0, 0.1) is 6.92 Å². The van der Waals surface area contributed by atoms with Crippen molar-refractivity contribution >= 4 is 71.4 Å². The summed E-state index contributed by atoms with van der Waals surface area (Å²) >= 11 is 13.3. The lowest BCUT2D eigenvalue weighted by molar-refractivity contribution is 0.305. The van der Waals surface area contributed by atoms with Crippen LogP contribution >= 0.6 is 43.5 Å². The van der Waals surface area contributed by atoms with E-state index in [1.165, 1.54) is 4.68 Å². The van der Waals surface area contributed by atoms with Gasteiger partial charge in [0, 0.05) is 15.1 Å². The van der Waals surface area contributed by atoms with Crippen molar-refractivity contribution in [1.82, 2.24) is 9.66 Å². The number of fused-ring (bicyclic) bond motifs is 2. The first-order valence-electron chi connectivity index (χ1n) is 10.7. The molecule has 8 heteroatoms. The molecule has 0 atom stereocenters. The molecule has 174 valence electrons. The minimum atomic E-state index is -0.260. The summed E-state index contributed by atoms with van der Waals surface area (Å²) in [6.45, 7) is 2.10. The molecule has 0 amide bonds. The standard InChI is InChI=1S/C27H18Br2ClN3O2/c1-16-32-25-10-9-20(28)12-23(25)27(34)33(16)31-14-19-11-21(30)13-24(29)26(19)35-15-18-7-4-6-17-5-2-3-8-22(17)18/h2-14H,15H2,1H3. The highest BCUT2D eigenvalue weighted by molar-refractivity contribution is 9.10. The Hall–Kier alpha value is -3.00. The maximum atomic E-state index is 13.1. The molecule has 0 aliphatic rings. The second kappa shape index (κ2) is 9.93. The molecular formula is C27H18Br2ClN3O2. The van der Waals surface area contributed by atoms with Crippen molar-refractivity contribution in [3.05, 3.63) is 114 Å². The van der Waals surface area contributed by atoms with E-state index in [1.54, 1.807) is 37.4 Å². The van der Waals surface area contributed by atoms with E-state index in [2.05, 4.69) is 60.1 Å². The summed E-state index contributed by atoms with van der Waals surface area (Å²) in [5, 5.41) is 7.71. The minimum absolute atomic E-state index is 0.260. The quantitative estimate of drug-likeness (QED) is 0.194. The molecule has 0 N–H and O–H groups in total. The lowest BCUT2D eigenvalue weighted by atomic mass is 10.1. The molecule has 0 aliphatic carbocycles. The molecule has 5 aromatic rings. The summed E-state index contributed by atoms with van der Waals surface area (Å²) in [6, 6.07) is 23.2. The first-order valence-corrected chi connectivity index (χ1v) is 12.7. The Bertz CT molecular complexity index is 1680. The smallest absolute Gasteiger partial charge is 0.282 e. The largest absolute Gasteiger partial charge is 0.487 e. The van der Waals surface area contributed by atoms with Gasteiger partial charge in [-0.2, -0.15) is 9.78 Å². The first-order chi connectivity index (χ1) is 16.9. The summed E-state index contributed by atoms with van der Waals surface area (Å²) in [7, 11) is 0. The van der Waals surface area contributed by atoms with Crippen molar-refractivity contribution in [3.8, 4) is 5.75 Å². The van der Waals surface area contributed by atoms with Crippen LogP contribution in [-0.4, -0.2) is 15.9 Å². The molecule has 0 fully saturated rings. The van der Waals surface area contributed by atoms with E-state index >= 15 is 0 Å². The number of hydrogen-bond acceptors (Lipinski definition) is 4. The molecule has 1 aromatic heterocycles. The van der Waals surface area contributed by atoms with Crippen molar-refractivity contribution in [2.45, 2.75) is 13.5 Å². The SMILES string of the molecule is Cc1nc2ccc(Br)cc2c(=O)n1N=Cc1cc(Cl)cc(Br)c1OCc1cccc2ccccc12. The zero-order valence-corrected chi connectivity index (χ0v) is 22.4. The Kier molecular flexibility index (Phi) is 6.73. The number of aryl methyl sites for hydroxylation is 1. The van der Waals surface area contributed by atoms with Gasteiger partial charge in [-0.05, 0) is 69.5 Å². The molecule has 0 unspecified atom stereocenters. The molecule has 5 nitrogen and oxygen atoms in total. The van der Waals surface area contributed by atoms with Gasteiger partial charge in [0.05, 0.1) is 21.6 Å². The third kappa shape index (κ3) is 4.89. The van der Waals surface area contributed by atoms with Crippen molar-refractivity contribution < 1.29 is 4.74 Å². The maximum absolute atomic E-state index is 13.1. The van der Waals surface area contributed by atoms with E-state index in [4.69, 9.17) is 16.3 Å². The van der Waals surface area contributed by atoms with Gasteiger partial charge in [-0.25, -0.2) is 4.98 Å². The molecular weight excluding hydrogens is 594 g/mol. The van der Waals surface area contributed by atoms with Gasteiger partial charge in [-0.1, -0.05) is 70.0 Å². The average Bonchev–Trinajstić information content (AvgIpc) is 2.84. The van der Waals surface area contributed by atoms with E-state index in [1.807, 2.05) is 30.3 Å². The molecule has 0 saturated carbocycles. The van der Waals surface area contributed by atoms with Gasteiger partial charge in [0.25, 0.3) is 5.56 Å². The number of rotatable bonds is 5. The Morgan fingerprint density at radius 3 is 2.69 bits per heavy atom. The molecule has 0 spiro atoms. The predicted molar refractivity (Wildman–Crippen MR) is 149 cm³/mol. The second-order valence-corrected chi connectivity index (χ2v) is 10.1. The van der Waals surface area contributed by atoms with Gasteiger partial charge >= 0.3 is 0 Å². The number of halogens is 3. The van der Waals surface area contributed by atoms with Gasteiger partial charge < -0.3 is 4.74 Å². The van der Waals surface area contributed by atoms with Gasteiger partial charge in [-0.15, -0.1) is 0 Å². The molecule has 4 aromatic carbocycles. The number of ether oxygens (including phenoxy) is 1. The molecule has 0 bridgehead atoms. The number of nitrogens with zero attached hydrogens (tertiary/aromatic N) is 3. The van der Waals surface area contributed by atoms with Crippen molar-refractivity contribution in [2.24, 2.45) is 5.10 Å². The summed E-state index contributed by atoms with van der Waals surface area (Å²) in [6.07, 6.45) is 1.56. The van der Waals surface area contributed by atoms with Crippen LogP contribution in [0.15, 0.2) is 91.6 Å². The summed E-state index contributed by atoms with van der Waals surface area (Å²) in [5.74, 6) is 1.05.